The molecule has 1 aliphatic carbocycles. The maximum absolute atomic E-state index is 13.0. The van der Waals surface area contributed by atoms with Crippen LogP contribution in [0.25, 0.3) is 0 Å². The largest absolute Gasteiger partial charge is 0.337 e. The molecule has 1 amide bonds. The second-order valence-corrected chi connectivity index (χ2v) is 9.50. The first-order valence-electron chi connectivity index (χ1n) is 8.65. The lowest BCUT2D eigenvalue weighted by molar-refractivity contribution is -0.149. The summed E-state index contributed by atoms with van der Waals surface area (Å²) in [5.74, 6) is 1.23. The molecule has 2 rings (SSSR count). The monoisotopic (exact) mass is 401 g/mol. The van der Waals surface area contributed by atoms with E-state index < -0.39 is 0 Å². The topological polar surface area (TPSA) is 20.3 Å². The Balaban J connectivity index is 2.17. The summed E-state index contributed by atoms with van der Waals surface area (Å²) in [6, 6.07) is 0.785. The predicted molar refractivity (Wildman–Crippen MR) is 97.9 cm³/mol. The van der Waals surface area contributed by atoms with Gasteiger partial charge in [0, 0.05) is 18.0 Å². The van der Waals surface area contributed by atoms with Crippen molar-refractivity contribution in [1.29, 1.82) is 0 Å². The Morgan fingerprint density at radius 3 is 2.71 bits per heavy atom. The van der Waals surface area contributed by atoms with E-state index >= 15 is 0 Å². The molecule has 0 aromatic heterocycles. The number of halogens is 1. The normalized spacial score (nSPS) is 38.0. The van der Waals surface area contributed by atoms with E-state index in [1.54, 1.807) is 0 Å². The Morgan fingerprint density at radius 1 is 1.38 bits per heavy atom. The predicted octanol–water partition coefficient (Wildman–Crippen LogP) is 4.29. The third-order valence-corrected chi connectivity index (χ3v) is 6.40. The number of alkyl halides is 1. The fraction of sp³-hybridized carbons (Fsp3) is 0.941. The average Bonchev–Trinajstić information content (AvgIpc) is 2.35. The van der Waals surface area contributed by atoms with E-state index in [0.29, 0.717) is 23.9 Å². The van der Waals surface area contributed by atoms with Gasteiger partial charge in [-0.1, -0.05) is 42.4 Å². The number of piperidine rings is 1. The second-order valence-electron chi connectivity index (χ2n) is 7.35. The molecule has 2 fully saturated rings. The molecule has 1 saturated carbocycles. The number of carbonyl (C=O) groups excluding carboxylic acids is 1. The van der Waals surface area contributed by atoms with Gasteiger partial charge in [0.2, 0.25) is 5.91 Å². The van der Waals surface area contributed by atoms with E-state index in [2.05, 4.69) is 48.3 Å². The van der Waals surface area contributed by atoms with Gasteiger partial charge in [-0.25, -0.2) is 0 Å². The first-order valence-corrected chi connectivity index (χ1v) is 9.73. The van der Waals surface area contributed by atoms with Crippen molar-refractivity contribution in [2.45, 2.75) is 87.5 Å². The number of hydrogen-bond donors (Lipinski definition) is 0. The van der Waals surface area contributed by atoms with Crippen LogP contribution in [-0.4, -0.2) is 34.1 Å². The summed E-state index contributed by atoms with van der Waals surface area (Å²) in [4.78, 5) is 15.2. The van der Waals surface area contributed by atoms with Gasteiger partial charge in [-0.05, 0) is 61.6 Å². The van der Waals surface area contributed by atoms with Crippen molar-refractivity contribution in [3.05, 3.63) is 0 Å². The molecule has 1 aliphatic heterocycles. The first-order chi connectivity index (χ1) is 9.85. The lowest BCUT2D eigenvalue weighted by Gasteiger charge is -2.47. The van der Waals surface area contributed by atoms with Crippen molar-refractivity contribution in [3.63, 3.8) is 0 Å². The summed E-state index contributed by atoms with van der Waals surface area (Å²) in [5.41, 5.74) is 0. The average molecular weight is 401 g/mol. The van der Waals surface area contributed by atoms with Crippen molar-refractivity contribution in [2.75, 3.05) is 0 Å². The molecular weight excluding hydrogens is 372 g/mol. The summed E-state index contributed by atoms with van der Waals surface area (Å²) in [6.45, 7) is 6.55. The van der Waals surface area contributed by atoms with Gasteiger partial charge >= 0.3 is 0 Å². The maximum atomic E-state index is 13.0. The lowest BCUT2D eigenvalue weighted by Crippen LogP contribution is -2.54. The van der Waals surface area contributed by atoms with Crippen LogP contribution in [0.1, 0.15) is 72.1 Å². The van der Waals surface area contributed by atoms with Crippen molar-refractivity contribution < 1.29 is 4.79 Å². The van der Waals surface area contributed by atoms with Gasteiger partial charge in [-0.15, -0.1) is 0 Å². The summed E-state index contributed by atoms with van der Waals surface area (Å²) >= 11 is 2.39. The van der Waals surface area contributed by atoms with Crippen LogP contribution in [0.3, 0.4) is 0 Å². The lowest BCUT2D eigenvalue weighted by atomic mass is 9.68. The summed E-state index contributed by atoms with van der Waals surface area (Å²) in [7, 11) is 6.35. The Labute approximate surface area is 145 Å². The molecule has 118 valence electrons. The molecule has 4 atom stereocenters. The zero-order chi connectivity index (χ0) is 15.6. The van der Waals surface area contributed by atoms with Crippen LogP contribution in [0.15, 0.2) is 0 Å². The molecule has 21 heavy (non-hydrogen) atoms. The van der Waals surface area contributed by atoms with Gasteiger partial charge in [0.25, 0.3) is 0 Å². The second kappa shape index (κ2) is 7.22. The standard InChI is InChI=1S/C17H29BINO/c1-4-6-14-11-13-7-5-9-17(18,19)10-8-15(13)16(21)20(14)12(2)3/h12-15H,4-11H2,1-3H3. The van der Waals surface area contributed by atoms with Crippen molar-refractivity contribution in [1.82, 2.24) is 4.90 Å². The molecule has 4 unspecified atom stereocenters. The molecule has 0 spiro atoms. The fourth-order valence-electron chi connectivity index (χ4n) is 4.32. The number of nitrogens with zero attached hydrogens (tertiary/aromatic N) is 1. The van der Waals surface area contributed by atoms with Crippen LogP contribution in [0, 0.1) is 11.8 Å². The third kappa shape index (κ3) is 4.17. The van der Waals surface area contributed by atoms with Crippen LogP contribution < -0.4 is 0 Å². The SMILES string of the molecule is [B]C1(I)CCCC2CC(CCC)N(C(C)C)C(=O)C2CC1. The van der Waals surface area contributed by atoms with Crippen LogP contribution in [-0.2, 0) is 4.79 Å². The highest BCUT2D eigenvalue weighted by Gasteiger charge is 2.43. The minimum atomic E-state index is -0.105. The number of rotatable bonds is 3. The van der Waals surface area contributed by atoms with E-state index in [1.165, 1.54) is 19.3 Å². The maximum Gasteiger partial charge on any atom is 0.226 e. The number of amides is 1. The van der Waals surface area contributed by atoms with E-state index in [0.717, 1.165) is 32.1 Å². The van der Waals surface area contributed by atoms with Crippen molar-refractivity contribution in [2.24, 2.45) is 11.8 Å². The van der Waals surface area contributed by atoms with E-state index in [4.69, 9.17) is 7.85 Å². The number of fused-ring (bicyclic) bond motifs is 1. The Bertz CT molecular complexity index is 372. The molecule has 0 N–H and O–H groups in total. The first kappa shape index (κ1) is 17.6. The Morgan fingerprint density at radius 2 is 2.10 bits per heavy atom. The smallest absolute Gasteiger partial charge is 0.226 e. The molecule has 1 saturated heterocycles. The van der Waals surface area contributed by atoms with Crippen LogP contribution in [0.2, 0.25) is 0 Å². The number of carbonyl (C=O) groups is 1. The highest BCUT2D eigenvalue weighted by Crippen LogP contribution is 2.42. The summed E-state index contributed by atoms with van der Waals surface area (Å²) in [6.07, 6.45) is 8.94. The van der Waals surface area contributed by atoms with Gasteiger partial charge in [-0.3, -0.25) is 4.79 Å². The van der Waals surface area contributed by atoms with Crippen LogP contribution >= 0.6 is 22.6 Å². The zero-order valence-electron chi connectivity index (χ0n) is 13.8. The molecule has 0 aromatic rings. The van der Waals surface area contributed by atoms with Crippen LogP contribution in [0.4, 0.5) is 0 Å². The Hall–Kier alpha value is 0.265. The number of likely N-dealkylation sites (tertiary alicyclic amines) is 1. The minimum Gasteiger partial charge on any atom is -0.337 e. The highest BCUT2D eigenvalue weighted by atomic mass is 127. The molecule has 2 radical (unpaired) electrons. The minimum absolute atomic E-state index is 0.105. The van der Waals surface area contributed by atoms with Gasteiger partial charge < -0.3 is 4.90 Å². The quantitative estimate of drug-likeness (QED) is 0.393. The van der Waals surface area contributed by atoms with Gasteiger partial charge in [0.05, 0.1) is 7.85 Å². The van der Waals surface area contributed by atoms with Crippen molar-refractivity contribution >= 4 is 36.3 Å². The third-order valence-electron chi connectivity index (χ3n) is 5.33. The molecule has 2 nitrogen and oxygen atoms in total. The van der Waals surface area contributed by atoms with E-state index in [1.807, 2.05) is 0 Å². The Kier molecular flexibility index (Phi) is 6.06. The van der Waals surface area contributed by atoms with Crippen molar-refractivity contribution in [3.8, 4) is 0 Å². The van der Waals surface area contributed by atoms with Crippen LogP contribution in [0.5, 0.6) is 0 Å². The van der Waals surface area contributed by atoms with Gasteiger partial charge in [0.15, 0.2) is 0 Å². The molecule has 0 aromatic carbocycles. The fourth-order valence-corrected chi connectivity index (χ4v) is 5.02. The van der Waals surface area contributed by atoms with Gasteiger partial charge in [-0.2, -0.15) is 0 Å². The van der Waals surface area contributed by atoms with Gasteiger partial charge in [0.1, 0.15) is 0 Å². The molecular formula is C17H29BINO. The summed E-state index contributed by atoms with van der Waals surface area (Å²) < 4.78 is -0.105. The van der Waals surface area contributed by atoms with E-state index in [9.17, 15) is 4.79 Å². The molecule has 2 aliphatic rings. The van der Waals surface area contributed by atoms with E-state index in [-0.39, 0.29) is 9.24 Å². The highest BCUT2D eigenvalue weighted by molar-refractivity contribution is 14.1. The zero-order valence-corrected chi connectivity index (χ0v) is 15.9. The molecule has 1 heterocycles. The molecule has 4 heteroatoms. The summed E-state index contributed by atoms with van der Waals surface area (Å²) in [5, 5.41) is 0. The number of hydrogen-bond acceptors (Lipinski definition) is 1. The molecule has 0 bridgehead atoms.